The maximum absolute atomic E-state index is 11.9. The molecule has 0 radical (unpaired) electrons. The molecule has 6 nitrogen and oxygen atoms in total. The third kappa shape index (κ3) is 2.38. The van der Waals surface area contributed by atoms with Crippen LogP contribution in [0.25, 0.3) is 22.3 Å². The fraction of sp³-hybridized carbons (Fsp3) is 0.389. The number of nitrogens with one attached hydrogen (secondary N) is 1. The fourth-order valence-corrected chi connectivity index (χ4v) is 3.59. The molecule has 2 heterocycles. The van der Waals surface area contributed by atoms with Gasteiger partial charge in [0.05, 0.1) is 13.2 Å². The fourth-order valence-electron chi connectivity index (χ4n) is 3.59. The van der Waals surface area contributed by atoms with Crippen molar-refractivity contribution in [2.75, 3.05) is 7.11 Å². The van der Waals surface area contributed by atoms with Gasteiger partial charge in [0.15, 0.2) is 0 Å². The van der Waals surface area contributed by atoms with Gasteiger partial charge in [-0.2, -0.15) is 10.1 Å². The summed E-state index contributed by atoms with van der Waals surface area (Å²) in [5, 5.41) is 5.63. The monoisotopic (exact) mass is 324 g/mol. The van der Waals surface area contributed by atoms with E-state index >= 15 is 0 Å². The summed E-state index contributed by atoms with van der Waals surface area (Å²) < 4.78 is 7.36. The largest absolute Gasteiger partial charge is 0.480 e. The zero-order chi connectivity index (χ0) is 16.7. The molecule has 1 saturated carbocycles. The minimum atomic E-state index is -0.408. The predicted molar refractivity (Wildman–Crippen MR) is 92.4 cm³/mol. The minimum absolute atomic E-state index is 0.314. The molecule has 124 valence electrons. The second-order valence-electron chi connectivity index (χ2n) is 6.38. The van der Waals surface area contributed by atoms with Crippen molar-refractivity contribution in [3.05, 3.63) is 40.3 Å². The van der Waals surface area contributed by atoms with Crippen LogP contribution in [0.2, 0.25) is 0 Å². The first-order valence-electron chi connectivity index (χ1n) is 8.31. The van der Waals surface area contributed by atoms with Crippen molar-refractivity contribution >= 4 is 11.0 Å². The summed E-state index contributed by atoms with van der Waals surface area (Å²) in [5.41, 5.74) is 3.27. The van der Waals surface area contributed by atoms with E-state index in [9.17, 15) is 4.79 Å². The summed E-state index contributed by atoms with van der Waals surface area (Å²) in [6, 6.07) is 8.49. The summed E-state index contributed by atoms with van der Waals surface area (Å²) in [5.74, 6) is 0.328. The van der Waals surface area contributed by atoms with Gasteiger partial charge in [-0.25, -0.2) is 9.48 Å². The number of rotatable bonds is 3. The molecule has 0 saturated heterocycles. The Labute approximate surface area is 139 Å². The molecule has 0 spiro atoms. The lowest BCUT2D eigenvalue weighted by molar-refractivity contribution is 0.401. The van der Waals surface area contributed by atoms with E-state index < -0.39 is 5.69 Å². The first-order chi connectivity index (χ1) is 11.7. The van der Waals surface area contributed by atoms with Gasteiger partial charge < -0.3 is 4.74 Å². The first kappa shape index (κ1) is 14.9. The summed E-state index contributed by atoms with van der Waals surface area (Å²) in [6.45, 7) is 2.05. The summed E-state index contributed by atoms with van der Waals surface area (Å²) >= 11 is 0. The zero-order valence-corrected chi connectivity index (χ0v) is 13.9. The van der Waals surface area contributed by atoms with E-state index in [1.165, 1.54) is 20.0 Å². The average Bonchev–Trinajstić information content (AvgIpc) is 3.21. The van der Waals surface area contributed by atoms with Gasteiger partial charge >= 0.3 is 5.69 Å². The van der Waals surface area contributed by atoms with Gasteiger partial charge in [0.1, 0.15) is 16.7 Å². The second kappa shape index (κ2) is 5.78. The molecular weight excluding hydrogens is 304 g/mol. The van der Waals surface area contributed by atoms with E-state index in [1.54, 1.807) is 0 Å². The summed E-state index contributed by atoms with van der Waals surface area (Å²) in [7, 11) is 1.54. The molecule has 6 heteroatoms. The van der Waals surface area contributed by atoms with Crippen molar-refractivity contribution in [2.45, 2.75) is 38.6 Å². The number of aromatic nitrogens is 4. The number of benzene rings is 1. The topological polar surface area (TPSA) is 72.8 Å². The van der Waals surface area contributed by atoms with Crippen molar-refractivity contribution in [3.63, 3.8) is 0 Å². The highest BCUT2D eigenvalue weighted by atomic mass is 16.5. The molecule has 0 amide bonds. The van der Waals surface area contributed by atoms with Crippen LogP contribution in [0.15, 0.2) is 29.1 Å². The summed E-state index contributed by atoms with van der Waals surface area (Å²) in [4.78, 5) is 18.8. The highest BCUT2D eigenvalue weighted by Crippen LogP contribution is 2.37. The van der Waals surface area contributed by atoms with Gasteiger partial charge in [-0.3, -0.25) is 4.98 Å². The van der Waals surface area contributed by atoms with Crippen LogP contribution < -0.4 is 10.4 Å². The van der Waals surface area contributed by atoms with Gasteiger partial charge in [-0.05, 0) is 25.8 Å². The van der Waals surface area contributed by atoms with Crippen molar-refractivity contribution in [1.82, 2.24) is 19.7 Å². The molecule has 0 atom stereocenters. The Hall–Kier alpha value is -2.63. The van der Waals surface area contributed by atoms with Crippen LogP contribution in [0.5, 0.6) is 5.88 Å². The third-order valence-electron chi connectivity index (χ3n) is 4.71. The zero-order valence-electron chi connectivity index (χ0n) is 13.9. The third-order valence-corrected chi connectivity index (χ3v) is 4.71. The van der Waals surface area contributed by atoms with Crippen molar-refractivity contribution in [1.29, 1.82) is 0 Å². The van der Waals surface area contributed by atoms with E-state index in [4.69, 9.17) is 9.84 Å². The molecule has 1 aliphatic carbocycles. The second-order valence-corrected chi connectivity index (χ2v) is 6.38. The number of hydrogen-bond acceptors (Lipinski definition) is 4. The Morgan fingerprint density at radius 2 is 2.08 bits per heavy atom. The van der Waals surface area contributed by atoms with Crippen molar-refractivity contribution < 1.29 is 4.74 Å². The number of ether oxygens (including phenoxy) is 1. The standard InChI is InChI=1S/C18H20N4O2/c1-11-6-5-7-12(10-11)15-14-16(19-18(23)20-17(14)24-2)22(21-15)13-8-3-4-9-13/h5-7,10,13H,3-4,8-9H2,1-2H3,(H,19,20,23). The van der Waals surface area contributed by atoms with Crippen molar-refractivity contribution in [3.8, 4) is 17.1 Å². The lowest BCUT2D eigenvalue weighted by atomic mass is 10.1. The van der Waals surface area contributed by atoms with E-state index in [2.05, 4.69) is 29.0 Å². The van der Waals surface area contributed by atoms with Crippen LogP contribution >= 0.6 is 0 Å². The molecule has 0 aliphatic heterocycles. The highest BCUT2D eigenvalue weighted by molar-refractivity contribution is 5.95. The van der Waals surface area contributed by atoms with Crippen LogP contribution in [0.4, 0.5) is 0 Å². The van der Waals surface area contributed by atoms with E-state index in [-0.39, 0.29) is 0 Å². The number of nitrogens with zero attached hydrogens (tertiary/aromatic N) is 3. The van der Waals surface area contributed by atoms with Crippen LogP contribution in [-0.2, 0) is 0 Å². The molecule has 1 aliphatic rings. The van der Waals surface area contributed by atoms with Gasteiger partial charge in [-0.15, -0.1) is 0 Å². The molecule has 4 rings (SSSR count). The lowest BCUT2D eigenvalue weighted by Gasteiger charge is -2.10. The minimum Gasteiger partial charge on any atom is -0.480 e. The molecule has 2 aromatic heterocycles. The molecule has 0 unspecified atom stereocenters. The van der Waals surface area contributed by atoms with Gasteiger partial charge in [-0.1, -0.05) is 36.6 Å². The molecule has 3 aromatic rings. The Morgan fingerprint density at radius 1 is 1.29 bits per heavy atom. The number of H-pyrrole nitrogens is 1. The van der Waals surface area contributed by atoms with Crippen molar-refractivity contribution in [2.24, 2.45) is 0 Å². The van der Waals surface area contributed by atoms with Gasteiger partial charge in [0, 0.05) is 5.56 Å². The Morgan fingerprint density at radius 3 is 2.79 bits per heavy atom. The van der Waals surface area contributed by atoms with Crippen LogP contribution in [0.1, 0.15) is 37.3 Å². The van der Waals surface area contributed by atoms with Crippen LogP contribution in [-0.4, -0.2) is 26.9 Å². The van der Waals surface area contributed by atoms with E-state index in [0.29, 0.717) is 17.6 Å². The Bertz CT molecular complexity index is 951. The molecule has 0 bridgehead atoms. The number of aryl methyl sites for hydroxylation is 1. The highest BCUT2D eigenvalue weighted by Gasteiger charge is 2.25. The lowest BCUT2D eigenvalue weighted by Crippen LogP contribution is -2.15. The molecule has 24 heavy (non-hydrogen) atoms. The van der Waals surface area contributed by atoms with Gasteiger partial charge in [0.25, 0.3) is 0 Å². The summed E-state index contributed by atoms with van der Waals surface area (Å²) in [6.07, 6.45) is 4.55. The SMILES string of the molecule is COc1nc(=O)[nH]c2c1c(-c1cccc(C)c1)nn2C1CCCC1. The van der Waals surface area contributed by atoms with Gasteiger partial charge in [0.2, 0.25) is 5.88 Å². The quantitative estimate of drug-likeness (QED) is 0.803. The molecular formula is C18H20N4O2. The predicted octanol–water partition coefficient (Wildman–Crippen LogP) is 3.22. The number of methoxy groups -OCH3 is 1. The van der Waals surface area contributed by atoms with Crippen LogP contribution in [0, 0.1) is 6.92 Å². The number of aromatic amines is 1. The average molecular weight is 324 g/mol. The van der Waals surface area contributed by atoms with E-state index in [0.717, 1.165) is 35.0 Å². The first-order valence-corrected chi connectivity index (χ1v) is 8.31. The van der Waals surface area contributed by atoms with E-state index in [1.807, 2.05) is 16.8 Å². The molecule has 1 fully saturated rings. The molecule has 1 N–H and O–H groups in total. The normalized spacial score (nSPS) is 15.2. The molecule has 1 aromatic carbocycles. The smallest absolute Gasteiger partial charge is 0.349 e. The maximum Gasteiger partial charge on any atom is 0.349 e. The van der Waals surface area contributed by atoms with Crippen LogP contribution in [0.3, 0.4) is 0 Å². The Kier molecular flexibility index (Phi) is 3.59. The number of hydrogen-bond donors (Lipinski definition) is 1. The Balaban J connectivity index is 2.04. The maximum atomic E-state index is 11.9. The number of fused-ring (bicyclic) bond motifs is 1.